The maximum Gasteiger partial charge on any atom is 0.411 e. The summed E-state index contributed by atoms with van der Waals surface area (Å²) in [5.41, 5.74) is 5.35. The van der Waals surface area contributed by atoms with Gasteiger partial charge in [0, 0.05) is 22.0 Å². The van der Waals surface area contributed by atoms with Crippen LogP contribution in [0.5, 0.6) is 0 Å². The topological polar surface area (TPSA) is 105 Å². The van der Waals surface area contributed by atoms with E-state index in [1.54, 1.807) is 25.1 Å². The smallest absolute Gasteiger partial charge is 0.411 e. The minimum atomic E-state index is -0.985. The van der Waals surface area contributed by atoms with Crippen molar-refractivity contribution in [2.45, 2.75) is 25.8 Å². The zero-order valence-electron chi connectivity index (χ0n) is 19.2. The Morgan fingerprint density at radius 3 is 2.14 bits per heavy atom. The van der Waals surface area contributed by atoms with E-state index < -0.39 is 29.9 Å². The minimum Gasteiger partial charge on any atom is -0.481 e. The van der Waals surface area contributed by atoms with Crippen molar-refractivity contribution in [3.05, 3.63) is 87.9 Å². The van der Waals surface area contributed by atoms with E-state index in [4.69, 9.17) is 9.84 Å². The molecular formula is C27H25BrN2O5. The van der Waals surface area contributed by atoms with Crippen molar-refractivity contribution in [1.82, 2.24) is 5.32 Å². The van der Waals surface area contributed by atoms with E-state index in [1.165, 1.54) is 6.92 Å². The lowest BCUT2D eigenvalue weighted by Crippen LogP contribution is -2.40. The number of ether oxygens (including phenoxy) is 1. The Labute approximate surface area is 211 Å². The molecule has 0 fully saturated rings. The number of fused-ring (bicyclic) bond motifs is 3. The van der Waals surface area contributed by atoms with E-state index in [2.05, 4.69) is 50.8 Å². The highest BCUT2D eigenvalue weighted by Crippen LogP contribution is 2.44. The molecule has 7 nitrogen and oxygen atoms in total. The molecule has 0 aromatic heterocycles. The van der Waals surface area contributed by atoms with Gasteiger partial charge in [0.25, 0.3) is 5.91 Å². The van der Waals surface area contributed by atoms with Crippen molar-refractivity contribution in [2.75, 3.05) is 11.9 Å². The third kappa shape index (κ3) is 5.22. The number of carbonyl (C=O) groups is 3. The molecule has 2 unspecified atom stereocenters. The lowest BCUT2D eigenvalue weighted by atomic mass is 9.98. The highest BCUT2D eigenvalue weighted by molar-refractivity contribution is 9.10. The normalized spacial score (nSPS) is 13.8. The van der Waals surface area contributed by atoms with E-state index in [0.717, 1.165) is 22.3 Å². The number of carbonyl (C=O) groups excluding carboxylic acids is 2. The van der Waals surface area contributed by atoms with Crippen LogP contribution < -0.4 is 10.6 Å². The van der Waals surface area contributed by atoms with Gasteiger partial charge >= 0.3 is 12.1 Å². The zero-order chi connectivity index (χ0) is 25.1. The lowest BCUT2D eigenvalue weighted by molar-refractivity contribution is -0.141. The SMILES string of the molecule is CC(NC(=O)c1ccc(NC(=O)OCC2c3ccccc3-c3ccccc32)c(Br)c1)C(C)C(=O)O. The van der Waals surface area contributed by atoms with Crippen LogP contribution in [0.15, 0.2) is 71.2 Å². The van der Waals surface area contributed by atoms with Crippen LogP contribution in [0.1, 0.15) is 41.3 Å². The first-order valence-electron chi connectivity index (χ1n) is 11.2. The van der Waals surface area contributed by atoms with Gasteiger partial charge in [-0.15, -0.1) is 0 Å². The number of amides is 2. The summed E-state index contributed by atoms with van der Waals surface area (Å²) in [7, 11) is 0. The molecule has 3 N–H and O–H groups in total. The Balaban J connectivity index is 1.39. The van der Waals surface area contributed by atoms with Gasteiger partial charge in [-0.05, 0) is 70.2 Å². The standard InChI is InChI=1S/C27H25BrN2O5/c1-15(26(32)33)16(2)29-25(31)17-11-12-24(23(28)13-17)30-27(34)35-14-22-20-9-5-3-7-18(20)19-8-4-6-10-21(19)22/h3-13,15-16,22H,14H2,1-2H3,(H,29,31)(H,30,34)(H,32,33). The molecule has 0 spiro atoms. The fraction of sp³-hybridized carbons (Fsp3) is 0.222. The van der Waals surface area contributed by atoms with Gasteiger partial charge in [-0.1, -0.05) is 48.5 Å². The Bertz CT molecular complexity index is 1250. The molecule has 0 bridgehead atoms. The summed E-state index contributed by atoms with van der Waals surface area (Å²) in [6.07, 6.45) is -0.603. The van der Waals surface area contributed by atoms with Crippen molar-refractivity contribution in [1.29, 1.82) is 0 Å². The summed E-state index contributed by atoms with van der Waals surface area (Å²) in [6.45, 7) is 3.36. The molecule has 2 amide bonds. The molecule has 35 heavy (non-hydrogen) atoms. The number of anilines is 1. The van der Waals surface area contributed by atoms with Crippen molar-refractivity contribution in [3.63, 3.8) is 0 Å². The molecule has 0 saturated heterocycles. The van der Waals surface area contributed by atoms with Crippen molar-refractivity contribution >= 4 is 39.6 Å². The largest absolute Gasteiger partial charge is 0.481 e. The average molecular weight is 537 g/mol. The van der Waals surface area contributed by atoms with Crippen molar-refractivity contribution in [3.8, 4) is 11.1 Å². The maximum atomic E-state index is 12.6. The number of hydrogen-bond acceptors (Lipinski definition) is 4. The van der Waals surface area contributed by atoms with E-state index >= 15 is 0 Å². The quantitative estimate of drug-likeness (QED) is 0.362. The molecule has 180 valence electrons. The molecule has 0 heterocycles. The fourth-order valence-electron chi connectivity index (χ4n) is 4.13. The summed E-state index contributed by atoms with van der Waals surface area (Å²) in [5, 5.41) is 14.5. The number of carboxylic acids is 1. The molecule has 0 saturated carbocycles. The molecule has 0 radical (unpaired) electrons. The highest BCUT2D eigenvalue weighted by atomic mass is 79.9. The van der Waals surface area contributed by atoms with Crippen LogP contribution in [0, 0.1) is 5.92 Å². The number of aliphatic carboxylic acids is 1. The number of carboxylic acid groups (broad SMARTS) is 1. The van der Waals surface area contributed by atoms with Crippen LogP contribution in [0.25, 0.3) is 11.1 Å². The number of benzene rings is 3. The predicted molar refractivity (Wildman–Crippen MR) is 137 cm³/mol. The number of hydrogen-bond donors (Lipinski definition) is 3. The third-order valence-electron chi connectivity index (χ3n) is 6.31. The molecule has 3 aromatic carbocycles. The molecule has 0 aliphatic heterocycles. The van der Waals surface area contributed by atoms with Gasteiger partial charge in [-0.25, -0.2) is 4.79 Å². The Kier molecular flexibility index (Phi) is 7.21. The summed E-state index contributed by atoms with van der Waals surface area (Å²) >= 11 is 3.38. The first-order chi connectivity index (χ1) is 16.8. The Hall–Kier alpha value is -3.65. The minimum absolute atomic E-state index is 0.0437. The molecule has 1 aliphatic carbocycles. The lowest BCUT2D eigenvalue weighted by Gasteiger charge is -2.18. The van der Waals surface area contributed by atoms with Crippen LogP contribution in [0.4, 0.5) is 10.5 Å². The van der Waals surface area contributed by atoms with Crippen LogP contribution >= 0.6 is 15.9 Å². The molecule has 4 rings (SSSR count). The summed E-state index contributed by atoms with van der Waals surface area (Å²) in [5.74, 6) is -2.16. The summed E-state index contributed by atoms with van der Waals surface area (Å²) < 4.78 is 6.07. The molecule has 1 aliphatic rings. The second-order valence-electron chi connectivity index (χ2n) is 8.53. The third-order valence-corrected chi connectivity index (χ3v) is 6.97. The molecule has 8 heteroatoms. The number of rotatable bonds is 7. The van der Waals surface area contributed by atoms with Crippen LogP contribution in [-0.2, 0) is 9.53 Å². The van der Waals surface area contributed by atoms with Gasteiger partial charge in [-0.2, -0.15) is 0 Å². The van der Waals surface area contributed by atoms with Crippen LogP contribution in [0.2, 0.25) is 0 Å². The zero-order valence-corrected chi connectivity index (χ0v) is 20.8. The monoisotopic (exact) mass is 536 g/mol. The Morgan fingerprint density at radius 2 is 1.57 bits per heavy atom. The highest BCUT2D eigenvalue weighted by Gasteiger charge is 2.29. The van der Waals surface area contributed by atoms with E-state index in [0.29, 0.717) is 15.7 Å². The van der Waals surface area contributed by atoms with Crippen molar-refractivity contribution < 1.29 is 24.2 Å². The number of nitrogens with one attached hydrogen (secondary N) is 2. The molecule has 2 atom stereocenters. The van der Waals surface area contributed by atoms with E-state index in [9.17, 15) is 14.4 Å². The first-order valence-corrected chi connectivity index (χ1v) is 12.0. The van der Waals surface area contributed by atoms with E-state index in [-0.39, 0.29) is 12.5 Å². The van der Waals surface area contributed by atoms with Gasteiger partial charge in [0.1, 0.15) is 6.61 Å². The number of halogens is 1. The molecule has 3 aromatic rings. The fourth-order valence-corrected chi connectivity index (χ4v) is 4.61. The Morgan fingerprint density at radius 1 is 0.971 bits per heavy atom. The van der Waals surface area contributed by atoms with Crippen molar-refractivity contribution in [2.24, 2.45) is 5.92 Å². The second kappa shape index (κ2) is 10.3. The van der Waals surface area contributed by atoms with Gasteiger partial charge in [0.05, 0.1) is 11.6 Å². The maximum absolute atomic E-state index is 12.6. The van der Waals surface area contributed by atoms with Crippen LogP contribution in [-0.4, -0.2) is 35.7 Å². The van der Waals surface area contributed by atoms with Gasteiger partial charge in [0.15, 0.2) is 0 Å². The van der Waals surface area contributed by atoms with Gasteiger partial charge in [0.2, 0.25) is 0 Å². The van der Waals surface area contributed by atoms with Gasteiger partial charge < -0.3 is 15.2 Å². The van der Waals surface area contributed by atoms with Crippen LogP contribution in [0.3, 0.4) is 0 Å². The average Bonchev–Trinajstić information content (AvgIpc) is 3.17. The first kappa shape index (κ1) is 24.5. The van der Waals surface area contributed by atoms with E-state index in [1.807, 2.05) is 24.3 Å². The molecular weight excluding hydrogens is 512 g/mol. The van der Waals surface area contributed by atoms with Gasteiger partial charge in [-0.3, -0.25) is 14.9 Å². The second-order valence-corrected chi connectivity index (χ2v) is 9.39. The summed E-state index contributed by atoms with van der Waals surface area (Å²) in [4.78, 5) is 36.1. The summed E-state index contributed by atoms with van der Waals surface area (Å²) in [6, 6.07) is 20.4. The predicted octanol–water partition coefficient (Wildman–Crippen LogP) is 5.65.